The number of amidine groups is 1. The Morgan fingerprint density at radius 3 is 2.62 bits per heavy atom. The van der Waals surface area contributed by atoms with E-state index in [4.69, 9.17) is 9.73 Å². The van der Waals surface area contributed by atoms with Gasteiger partial charge in [-0.15, -0.1) is 0 Å². The number of aliphatic hydroxyl groups is 1. The molecule has 0 saturated carbocycles. The minimum atomic E-state index is -0.298. The fraction of sp³-hybridized carbons (Fsp3) is 0.217. The van der Waals surface area contributed by atoms with E-state index in [-0.39, 0.29) is 18.5 Å². The van der Waals surface area contributed by atoms with Crippen molar-refractivity contribution in [3.05, 3.63) is 89.5 Å². The quantitative estimate of drug-likeness (QED) is 0.688. The minimum absolute atomic E-state index is 0.0529. The second-order valence-electron chi connectivity index (χ2n) is 6.81. The van der Waals surface area contributed by atoms with Gasteiger partial charge >= 0.3 is 0 Å². The number of hydrogen-bond donors (Lipinski definition) is 1. The number of methoxy groups -OCH3 is 1. The molecule has 1 aliphatic rings. The summed E-state index contributed by atoms with van der Waals surface area (Å²) in [5, 5.41) is 9.46. The molecule has 3 aromatic rings. The lowest BCUT2D eigenvalue weighted by atomic mass is 9.93. The summed E-state index contributed by atoms with van der Waals surface area (Å²) < 4.78 is 19.4. The zero-order chi connectivity index (χ0) is 20.2. The molecular formula is C23H22FN3O2. The van der Waals surface area contributed by atoms with Crippen molar-refractivity contribution < 1.29 is 14.2 Å². The summed E-state index contributed by atoms with van der Waals surface area (Å²) in [5.74, 6) is 1.05. The van der Waals surface area contributed by atoms with Gasteiger partial charge in [0.15, 0.2) is 5.84 Å². The smallest absolute Gasteiger partial charge is 0.156 e. The van der Waals surface area contributed by atoms with Crippen molar-refractivity contribution in [2.45, 2.75) is 12.5 Å². The standard InChI is InChI=1S/C23H22FN3O2/c1-29-18-9-11-21(25-15-18)23-26-20-10-8-17(24)14-19(20)22(27(23)12-5-13-28)16-6-3-2-4-7-16/h2-4,6-11,14-15,22,28H,5,12-13H2,1H3/t22-/m0/s1. The van der Waals surface area contributed by atoms with Gasteiger partial charge < -0.3 is 14.7 Å². The lowest BCUT2D eigenvalue weighted by Crippen LogP contribution is -2.39. The summed E-state index contributed by atoms with van der Waals surface area (Å²) in [6, 6.07) is 18.1. The monoisotopic (exact) mass is 391 g/mol. The SMILES string of the molecule is COc1ccc(C2=Nc3ccc(F)cc3[C@H](c3ccccc3)N2CCCO)nc1. The van der Waals surface area contributed by atoms with Gasteiger partial charge in [0.2, 0.25) is 0 Å². The van der Waals surface area contributed by atoms with E-state index in [0.29, 0.717) is 35.9 Å². The number of hydrogen-bond acceptors (Lipinski definition) is 5. The molecule has 29 heavy (non-hydrogen) atoms. The molecule has 0 bridgehead atoms. The molecule has 0 radical (unpaired) electrons. The molecule has 0 unspecified atom stereocenters. The molecule has 5 nitrogen and oxygen atoms in total. The minimum Gasteiger partial charge on any atom is -0.495 e. The molecule has 1 aromatic heterocycles. The van der Waals surface area contributed by atoms with Gasteiger partial charge in [-0.3, -0.25) is 0 Å². The van der Waals surface area contributed by atoms with Crippen LogP contribution in [-0.4, -0.2) is 41.1 Å². The van der Waals surface area contributed by atoms with Crippen LogP contribution in [0, 0.1) is 5.82 Å². The molecule has 2 heterocycles. The van der Waals surface area contributed by atoms with Crippen molar-refractivity contribution in [3.8, 4) is 5.75 Å². The van der Waals surface area contributed by atoms with Crippen LogP contribution >= 0.6 is 0 Å². The molecule has 0 amide bonds. The van der Waals surface area contributed by atoms with Crippen LogP contribution in [-0.2, 0) is 0 Å². The largest absolute Gasteiger partial charge is 0.495 e. The Hall–Kier alpha value is -3.25. The van der Waals surface area contributed by atoms with Crippen LogP contribution in [0.5, 0.6) is 5.75 Å². The summed E-state index contributed by atoms with van der Waals surface area (Å²) in [4.78, 5) is 11.4. The summed E-state index contributed by atoms with van der Waals surface area (Å²) in [5.41, 5.74) is 3.23. The Morgan fingerprint density at radius 1 is 1.10 bits per heavy atom. The van der Waals surface area contributed by atoms with Gasteiger partial charge in [0.1, 0.15) is 17.3 Å². The van der Waals surface area contributed by atoms with Gasteiger partial charge in [0.05, 0.1) is 25.0 Å². The molecule has 0 fully saturated rings. The second-order valence-corrected chi connectivity index (χ2v) is 6.81. The molecule has 1 aliphatic heterocycles. The number of benzene rings is 2. The normalized spacial score (nSPS) is 15.6. The van der Waals surface area contributed by atoms with Gasteiger partial charge in [-0.25, -0.2) is 14.4 Å². The number of rotatable bonds is 6. The van der Waals surface area contributed by atoms with Crippen molar-refractivity contribution in [1.29, 1.82) is 0 Å². The molecule has 6 heteroatoms. The van der Waals surface area contributed by atoms with E-state index in [1.54, 1.807) is 25.4 Å². The number of aliphatic hydroxyl groups excluding tert-OH is 1. The molecule has 0 saturated heterocycles. The van der Waals surface area contributed by atoms with Crippen LogP contribution in [0.1, 0.15) is 29.3 Å². The van der Waals surface area contributed by atoms with Crippen LogP contribution in [0.15, 0.2) is 71.9 Å². The molecule has 0 spiro atoms. The Kier molecular flexibility index (Phi) is 5.53. The third-order valence-electron chi connectivity index (χ3n) is 4.97. The van der Waals surface area contributed by atoms with E-state index in [2.05, 4.69) is 9.88 Å². The van der Waals surface area contributed by atoms with Gasteiger partial charge in [-0.1, -0.05) is 30.3 Å². The third kappa shape index (κ3) is 3.84. The summed E-state index contributed by atoms with van der Waals surface area (Å²) >= 11 is 0. The molecule has 4 rings (SSSR count). The number of fused-ring (bicyclic) bond motifs is 1. The van der Waals surface area contributed by atoms with E-state index in [0.717, 1.165) is 11.1 Å². The molecule has 1 N–H and O–H groups in total. The number of ether oxygens (including phenoxy) is 1. The van der Waals surface area contributed by atoms with Gasteiger partial charge in [-0.2, -0.15) is 0 Å². The van der Waals surface area contributed by atoms with Crippen LogP contribution in [0.3, 0.4) is 0 Å². The number of aliphatic imine (C=N–C) groups is 1. The zero-order valence-electron chi connectivity index (χ0n) is 16.1. The van der Waals surface area contributed by atoms with Crippen molar-refractivity contribution in [1.82, 2.24) is 9.88 Å². The maximum absolute atomic E-state index is 14.1. The van der Waals surface area contributed by atoms with E-state index >= 15 is 0 Å². The number of pyridine rings is 1. The summed E-state index contributed by atoms with van der Waals surface area (Å²) in [6.45, 7) is 0.607. The predicted molar refractivity (Wildman–Crippen MR) is 110 cm³/mol. The Labute approximate surface area is 169 Å². The fourth-order valence-electron chi connectivity index (χ4n) is 3.62. The lowest BCUT2D eigenvalue weighted by molar-refractivity contribution is 0.254. The van der Waals surface area contributed by atoms with Crippen molar-refractivity contribution in [2.24, 2.45) is 4.99 Å². The molecule has 1 atom stereocenters. The lowest BCUT2D eigenvalue weighted by Gasteiger charge is -2.38. The first-order chi connectivity index (χ1) is 14.2. The van der Waals surface area contributed by atoms with E-state index in [1.807, 2.05) is 42.5 Å². The highest BCUT2D eigenvalue weighted by Gasteiger charge is 2.32. The second kappa shape index (κ2) is 8.41. The first-order valence-corrected chi connectivity index (χ1v) is 9.52. The first-order valence-electron chi connectivity index (χ1n) is 9.52. The van der Waals surface area contributed by atoms with E-state index in [1.165, 1.54) is 6.07 Å². The zero-order valence-corrected chi connectivity index (χ0v) is 16.1. The Bertz CT molecular complexity index is 1010. The highest BCUT2D eigenvalue weighted by molar-refractivity contribution is 6.00. The Morgan fingerprint density at radius 2 is 1.93 bits per heavy atom. The van der Waals surface area contributed by atoms with E-state index in [9.17, 15) is 9.50 Å². The van der Waals surface area contributed by atoms with Gasteiger partial charge in [0, 0.05) is 18.7 Å². The highest BCUT2D eigenvalue weighted by atomic mass is 19.1. The number of aromatic nitrogens is 1. The molecular weight excluding hydrogens is 369 g/mol. The van der Waals surface area contributed by atoms with Gasteiger partial charge in [-0.05, 0) is 42.3 Å². The number of nitrogens with zero attached hydrogens (tertiary/aromatic N) is 3. The van der Waals surface area contributed by atoms with Crippen LogP contribution in [0.4, 0.5) is 10.1 Å². The molecule has 148 valence electrons. The maximum Gasteiger partial charge on any atom is 0.156 e. The van der Waals surface area contributed by atoms with Gasteiger partial charge in [0.25, 0.3) is 0 Å². The van der Waals surface area contributed by atoms with Crippen LogP contribution < -0.4 is 4.74 Å². The average Bonchev–Trinajstić information content (AvgIpc) is 2.77. The molecule has 0 aliphatic carbocycles. The van der Waals surface area contributed by atoms with Crippen LogP contribution in [0.25, 0.3) is 0 Å². The topological polar surface area (TPSA) is 58.0 Å². The fourth-order valence-corrected chi connectivity index (χ4v) is 3.62. The summed E-state index contributed by atoms with van der Waals surface area (Å²) in [7, 11) is 1.60. The molecule has 2 aromatic carbocycles. The van der Waals surface area contributed by atoms with Crippen molar-refractivity contribution in [3.63, 3.8) is 0 Å². The first kappa shape index (κ1) is 19.1. The third-order valence-corrected chi connectivity index (χ3v) is 4.97. The average molecular weight is 391 g/mol. The number of halogens is 1. The predicted octanol–water partition coefficient (Wildman–Crippen LogP) is 4.10. The summed E-state index contributed by atoms with van der Waals surface area (Å²) in [6.07, 6.45) is 2.21. The van der Waals surface area contributed by atoms with Crippen LogP contribution in [0.2, 0.25) is 0 Å². The van der Waals surface area contributed by atoms with Crippen molar-refractivity contribution >= 4 is 11.5 Å². The maximum atomic E-state index is 14.1. The highest BCUT2D eigenvalue weighted by Crippen LogP contribution is 2.40. The van der Waals surface area contributed by atoms with E-state index < -0.39 is 0 Å². The Balaban J connectivity index is 1.89. The van der Waals surface area contributed by atoms with Crippen molar-refractivity contribution in [2.75, 3.05) is 20.3 Å².